The summed E-state index contributed by atoms with van der Waals surface area (Å²) in [5.41, 5.74) is 5.29. The van der Waals surface area contributed by atoms with Crippen molar-refractivity contribution in [2.45, 2.75) is 114 Å². The molecule has 0 heterocycles. The van der Waals surface area contributed by atoms with Crippen LogP contribution in [0.2, 0.25) is 0 Å². The van der Waals surface area contributed by atoms with Crippen LogP contribution in [0.1, 0.15) is 96.3 Å². The molecule has 6 N–H and O–H groups in total. The minimum Gasteiger partial charge on any atom is -0.480 e. The lowest BCUT2D eigenvalue weighted by molar-refractivity contribution is -0.144. The number of rotatable bonds is 12. The molecule has 5 aliphatic rings. The van der Waals surface area contributed by atoms with E-state index in [1.807, 2.05) is 0 Å². The highest BCUT2D eigenvalue weighted by Gasteiger charge is 2.53. The van der Waals surface area contributed by atoms with Crippen LogP contribution < -0.4 is 16.2 Å². The average molecular weight is 513 g/mol. The van der Waals surface area contributed by atoms with Crippen LogP contribution in [0.25, 0.3) is 0 Å². The number of nitrogens with zero attached hydrogens (tertiary/aromatic N) is 1. The highest BCUT2D eigenvalue weighted by Crippen LogP contribution is 2.55. The number of carboxylic acids is 1. The molecule has 0 unspecified atom stereocenters. The first-order valence-corrected chi connectivity index (χ1v) is 15.2. The summed E-state index contributed by atoms with van der Waals surface area (Å²) in [6, 6.07) is -2.49. The maximum absolute atomic E-state index is 14.0. The standard InChI is InChI=1S/C25H44N4O5S/c26-9-5-4-8-21(24(31)32)29(35(27,33)34)22(13-17-6-2-1-3-7-17)23(30)28-25-14-18-10-19(15-25)12-20(11-18)16-25/h17-22H,1-16,26H2,(H,28,30)(H,31,32)(H2,27,33,34)/t18?,19?,20?,21-,22-,25?/m0/s1. The number of nitrogens with one attached hydrogen (secondary N) is 1. The molecule has 5 fully saturated rings. The molecule has 0 aromatic rings. The quantitative estimate of drug-likeness (QED) is 0.294. The predicted molar refractivity (Wildman–Crippen MR) is 133 cm³/mol. The molecule has 0 radical (unpaired) electrons. The minimum absolute atomic E-state index is 0.0781. The highest BCUT2D eigenvalue weighted by atomic mass is 32.2. The Kier molecular flexibility index (Phi) is 8.45. The summed E-state index contributed by atoms with van der Waals surface area (Å²) in [6.45, 7) is 0.389. The second-order valence-corrected chi connectivity index (χ2v) is 13.4. The van der Waals surface area contributed by atoms with Gasteiger partial charge in [-0.1, -0.05) is 32.1 Å². The molecule has 0 aromatic heterocycles. The van der Waals surface area contributed by atoms with Crippen LogP contribution in [0, 0.1) is 23.7 Å². The van der Waals surface area contributed by atoms with Gasteiger partial charge in [-0.3, -0.25) is 9.59 Å². The van der Waals surface area contributed by atoms with Gasteiger partial charge < -0.3 is 16.2 Å². The van der Waals surface area contributed by atoms with Crippen LogP contribution in [0.5, 0.6) is 0 Å². The minimum atomic E-state index is -4.45. The van der Waals surface area contributed by atoms with E-state index in [0.29, 0.717) is 43.6 Å². The fourth-order valence-corrected chi connectivity index (χ4v) is 9.17. The molecule has 0 saturated heterocycles. The summed E-state index contributed by atoms with van der Waals surface area (Å²) in [4.78, 5) is 26.2. The molecule has 5 rings (SSSR count). The van der Waals surface area contributed by atoms with E-state index in [1.54, 1.807) is 0 Å². The smallest absolute Gasteiger partial charge is 0.322 e. The summed E-state index contributed by atoms with van der Waals surface area (Å²) in [6.07, 6.45) is 13.0. The van der Waals surface area contributed by atoms with Gasteiger partial charge in [-0.25, -0.2) is 5.14 Å². The van der Waals surface area contributed by atoms with Crippen LogP contribution in [0.4, 0.5) is 0 Å². The Morgan fingerprint density at radius 2 is 1.54 bits per heavy atom. The number of hydrogen-bond acceptors (Lipinski definition) is 5. The lowest BCUT2D eigenvalue weighted by Gasteiger charge is -2.57. The van der Waals surface area contributed by atoms with E-state index in [9.17, 15) is 23.1 Å². The van der Waals surface area contributed by atoms with E-state index >= 15 is 0 Å². The van der Waals surface area contributed by atoms with Gasteiger partial charge in [0.1, 0.15) is 12.1 Å². The van der Waals surface area contributed by atoms with Crippen molar-refractivity contribution in [1.82, 2.24) is 9.62 Å². The number of amides is 1. The molecule has 0 spiro atoms. The zero-order valence-corrected chi connectivity index (χ0v) is 21.7. The molecular weight excluding hydrogens is 468 g/mol. The first kappa shape index (κ1) is 26.8. The summed E-state index contributed by atoms with van der Waals surface area (Å²) in [5.74, 6) is 0.407. The van der Waals surface area contributed by atoms with Gasteiger partial charge >= 0.3 is 5.97 Å². The number of carboxylic acid groups (broad SMARTS) is 1. The van der Waals surface area contributed by atoms with Gasteiger partial charge in [-0.2, -0.15) is 12.7 Å². The van der Waals surface area contributed by atoms with Gasteiger partial charge in [0.05, 0.1) is 0 Å². The summed E-state index contributed by atoms with van der Waals surface area (Å²) in [7, 11) is -4.45. The van der Waals surface area contributed by atoms with Gasteiger partial charge in [-0.05, 0) is 94.4 Å². The molecule has 5 aliphatic carbocycles. The van der Waals surface area contributed by atoms with Crippen molar-refractivity contribution in [2.75, 3.05) is 6.54 Å². The SMILES string of the molecule is NCCCC[C@@H](C(=O)O)N([C@@H](CC1CCCCC1)C(=O)NC12CC3CC(CC(C3)C1)C2)S(N)(=O)=O. The molecule has 2 atom stereocenters. The Hall–Kier alpha value is -1.23. The molecule has 35 heavy (non-hydrogen) atoms. The number of nitrogens with two attached hydrogens (primary N) is 2. The van der Waals surface area contributed by atoms with Crippen molar-refractivity contribution in [1.29, 1.82) is 0 Å². The summed E-state index contributed by atoms with van der Waals surface area (Å²) < 4.78 is 26.6. The molecular formula is C25H44N4O5S. The Morgan fingerprint density at radius 1 is 0.971 bits per heavy atom. The zero-order valence-electron chi connectivity index (χ0n) is 20.9. The molecule has 1 amide bonds. The van der Waals surface area contributed by atoms with E-state index in [1.165, 1.54) is 19.3 Å². The van der Waals surface area contributed by atoms with Gasteiger partial charge in [0.15, 0.2) is 0 Å². The Labute approximate surface area is 209 Å². The largest absolute Gasteiger partial charge is 0.480 e. The topological polar surface area (TPSA) is 156 Å². The van der Waals surface area contributed by atoms with Crippen LogP contribution >= 0.6 is 0 Å². The van der Waals surface area contributed by atoms with E-state index < -0.39 is 28.3 Å². The van der Waals surface area contributed by atoms with Gasteiger partial charge in [0.25, 0.3) is 10.2 Å². The van der Waals surface area contributed by atoms with E-state index in [2.05, 4.69) is 5.32 Å². The van der Waals surface area contributed by atoms with Crippen molar-refractivity contribution in [3.8, 4) is 0 Å². The maximum atomic E-state index is 14.0. The van der Waals surface area contributed by atoms with Gasteiger partial charge in [0, 0.05) is 5.54 Å². The van der Waals surface area contributed by atoms with Gasteiger partial charge in [0.2, 0.25) is 5.91 Å². The molecule has 5 saturated carbocycles. The molecule has 4 bridgehead atoms. The fraction of sp³-hybridized carbons (Fsp3) is 0.920. The second kappa shape index (κ2) is 11.0. The molecule has 200 valence electrons. The number of unbranched alkanes of at least 4 members (excludes halogenated alkanes) is 1. The van der Waals surface area contributed by atoms with Crippen LogP contribution in [-0.4, -0.2) is 53.9 Å². The molecule has 0 aliphatic heterocycles. The third kappa shape index (κ3) is 6.37. The van der Waals surface area contributed by atoms with E-state index in [-0.39, 0.29) is 23.8 Å². The van der Waals surface area contributed by atoms with Crippen molar-refractivity contribution >= 4 is 22.1 Å². The second-order valence-electron chi connectivity index (χ2n) is 12.0. The Bertz CT molecular complexity index is 838. The van der Waals surface area contributed by atoms with Crippen molar-refractivity contribution < 1.29 is 23.1 Å². The average Bonchev–Trinajstić information content (AvgIpc) is 2.76. The third-order valence-corrected chi connectivity index (χ3v) is 10.2. The lowest BCUT2D eigenvalue weighted by Crippen LogP contribution is -2.65. The normalized spacial score (nSPS) is 32.5. The molecule has 9 nitrogen and oxygen atoms in total. The number of carbonyl (C=O) groups excluding carboxylic acids is 1. The zero-order chi connectivity index (χ0) is 25.2. The summed E-state index contributed by atoms with van der Waals surface area (Å²) in [5, 5.41) is 19.0. The molecule has 0 aromatic carbocycles. The maximum Gasteiger partial charge on any atom is 0.322 e. The Balaban J connectivity index is 1.61. The third-order valence-electron chi connectivity index (χ3n) is 9.14. The predicted octanol–water partition coefficient (Wildman–Crippen LogP) is 2.50. The summed E-state index contributed by atoms with van der Waals surface area (Å²) >= 11 is 0. The van der Waals surface area contributed by atoms with Crippen molar-refractivity contribution in [3.05, 3.63) is 0 Å². The highest BCUT2D eigenvalue weighted by molar-refractivity contribution is 7.86. The van der Waals surface area contributed by atoms with Crippen molar-refractivity contribution in [3.63, 3.8) is 0 Å². The van der Waals surface area contributed by atoms with Crippen LogP contribution in [0.15, 0.2) is 0 Å². The van der Waals surface area contributed by atoms with E-state index in [0.717, 1.165) is 55.7 Å². The lowest BCUT2D eigenvalue weighted by atomic mass is 9.53. The number of aliphatic carboxylic acids is 1. The van der Waals surface area contributed by atoms with E-state index in [4.69, 9.17) is 10.9 Å². The monoisotopic (exact) mass is 512 g/mol. The van der Waals surface area contributed by atoms with Gasteiger partial charge in [-0.15, -0.1) is 0 Å². The van der Waals surface area contributed by atoms with Crippen molar-refractivity contribution in [2.24, 2.45) is 34.5 Å². The Morgan fingerprint density at radius 3 is 2.03 bits per heavy atom. The fourth-order valence-electron chi connectivity index (χ4n) is 8.09. The van der Waals surface area contributed by atoms with Crippen LogP contribution in [-0.2, 0) is 19.8 Å². The van der Waals surface area contributed by atoms with Crippen LogP contribution in [0.3, 0.4) is 0 Å². The first-order chi connectivity index (χ1) is 16.6. The molecule has 10 heteroatoms. The number of hydrogen-bond donors (Lipinski definition) is 4. The number of carbonyl (C=O) groups is 2. The first-order valence-electron chi connectivity index (χ1n) is 13.7.